The number of thiophene rings is 1. The molecular formula is C10H9NO3S. The average Bonchev–Trinajstić information content (AvgIpc) is 2.71. The van der Waals surface area contributed by atoms with Crippen LogP contribution in [0.2, 0.25) is 0 Å². The number of nitrogens with zero attached hydrogens (tertiary/aromatic N) is 1. The Morgan fingerprint density at radius 2 is 2.20 bits per heavy atom. The molecule has 0 unspecified atom stereocenters. The molecule has 0 spiro atoms. The number of carboxylic acids is 1. The van der Waals surface area contributed by atoms with Gasteiger partial charge in [-0.3, -0.25) is 0 Å². The van der Waals surface area contributed by atoms with E-state index in [1.807, 2.05) is 19.9 Å². The summed E-state index contributed by atoms with van der Waals surface area (Å²) in [5.74, 6) is -1.23. The fraction of sp³-hybridized carbons (Fsp3) is 0.200. The van der Waals surface area contributed by atoms with Gasteiger partial charge in [-0.1, -0.05) is 5.16 Å². The summed E-state index contributed by atoms with van der Waals surface area (Å²) < 4.78 is 4.70. The Balaban J connectivity index is 2.45. The lowest BCUT2D eigenvalue weighted by atomic mass is 10.2. The molecule has 0 aliphatic heterocycles. The Hall–Kier alpha value is -1.62. The van der Waals surface area contributed by atoms with Crippen LogP contribution in [0.4, 0.5) is 0 Å². The molecule has 78 valence electrons. The number of carboxylic acid groups (broad SMARTS) is 1. The summed E-state index contributed by atoms with van der Waals surface area (Å²) in [6.45, 7) is 3.97. The van der Waals surface area contributed by atoms with E-state index in [4.69, 9.17) is 9.63 Å². The summed E-state index contributed by atoms with van der Waals surface area (Å²) in [4.78, 5) is 12.9. The van der Waals surface area contributed by atoms with Crippen molar-refractivity contribution >= 4 is 17.3 Å². The van der Waals surface area contributed by atoms with Crippen LogP contribution in [-0.2, 0) is 0 Å². The zero-order chi connectivity index (χ0) is 11.0. The maximum atomic E-state index is 10.6. The zero-order valence-corrected chi connectivity index (χ0v) is 9.09. The van der Waals surface area contributed by atoms with Crippen LogP contribution >= 0.6 is 11.3 Å². The Bertz CT molecular complexity index is 512. The lowest BCUT2D eigenvalue weighted by Crippen LogP contribution is -1.91. The normalized spacial score (nSPS) is 10.5. The van der Waals surface area contributed by atoms with Gasteiger partial charge in [0.25, 0.3) is 0 Å². The van der Waals surface area contributed by atoms with Crippen LogP contribution in [0.1, 0.15) is 20.3 Å². The largest absolute Gasteiger partial charge is 0.475 e. The van der Waals surface area contributed by atoms with Gasteiger partial charge in [0.2, 0.25) is 5.76 Å². The first-order valence-electron chi connectivity index (χ1n) is 4.35. The van der Waals surface area contributed by atoms with E-state index in [1.54, 1.807) is 11.3 Å². The smallest absolute Gasteiger partial charge is 0.374 e. The van der Waals surface area contributed by atoms with Crippen LogP contribution in [0.5, 0.6) is 0 Å². The Morgan fingerprint density at radius 3 is 2.67 bits per heavy atom. The highest BCUT2D eigenvalue weighted by Crippen LogP contribution is 2.29. The van der Waals surface area contributed by atoms with Crippen molar-refractivity contribution in [2.45, 2.75) is 13.8 Å². The van der Waals surface area contributed by atoms with E-state index in [-0.39, 0.29) is 5.76 Å². The van der Waals surface area contributed by atoms with Gasteiger partial charge in [-0.05, 0) is 19.9 Å². The van der Waals surface area contributed by atoms with Crippen molar-refractivity contribution in [1.82, 2.24) is 5.16 Å². The summed E-state index contributed by atoms with van der Waals surface area (Å²) in [7, 11) is 0. The van der Waals surface area contributed by atoms with Crippen molar-refractivity contribution in [3.63, 3.8) is 0 Å². The van der Waals surface area contributed by atoms with Crippen molar-refractivity contribution in [3.05, 3.63) is 27.6 Å². The van der Waals surface area contributed by atoms with E-state index in [0.717, 1.165) is 10.4 Å². The fourth-order valence-corrected chi connectivity index (χ4v) is 2.32. The molecule has 0 amide bonds. The van der Waals surface area contributed by atoms with Crippen LogP contribution in [0.15, 0.2) is 16.7 Å². The Morgan fingerprint density at radius 1 is 1.47 bits per heavy atom. The van der Waals surface area contributed by atoms with E-state index in [1.165, 1.54) is 10.9 Å². The van der Waals surface area contributed by atoms with Crippen LogP contribution in [-0.4, -0.2) is 16.2 Å². The van der Waals surface area contributed by atoms with Gasteiger partial charge in [0.1, 0.15) is 5.69 Å². The molecule has 0 fully saturated rings. The third kappa shape index (κ3) is 1.78. The molecule has 0 aromatic carbocycles. The van der Waals surface area contributed by atoms with Crippen molar-refractivity contribution in [2.75, 3.05) is 0 Å². The summed E-state index contributed by atoms with van der Waals surface area (Å²) in [5.41, 5.74) is 1.52. The molecule has 0 saturated heterocycles. The van der Waals surface area contributed by atoms with Gasteiger partial charge >= 0.3 is 5.97 Å². The van der Waals surface area contributed by atoms with E-state index in [0.29, 0.717) is 5.69 Å². The fourth-order valence-electron chi connectivity index (χ4n) is 1.39. The van der Waals surface area contributed by atoms with Crippen LogP contribution < -0.4 is 0 Å². The maximum absolute atomic E-state index is 10.6. The summed E-state index contributed by atoms with van der Waals surface area (Å²) in [6.07, 6.45) is 0. The molecule has 15 heavy (non-hydrogen) atoms. The number of aromatic carboxylic acids is 1. The molecule has 4 nitrogen and oxygen atoms in total. The van der Waals surface area contributed by atoms with Crippen LogP contribution in [0.25, 0.3) is 11.3 Å². The molecule has 5 heteroatoms. The molecule has 0 aliphatic carbocycles. The maximum Gasteiger partial charge on any atom is 0.374 e. The average molecular weight is 223 g/mol. The van der Waals surface area contributed by atoms with Gasteiger partial charge in [0.05, 0.1) is 0 Å². The molecule has 2 rings (SSSR count). The Labute approximate surface area is 90.1 Å². The second-order valence-electron chi connectivity index (χ2n) is 3.21. The molecular weight excluding hydrogens is 214 g/mol. The van der Waals surface area contributed by atoms with Crippen molar-refractivity contribution in [2.24, 2.45) is 0 Å². The van der Waals surface area contributed by atoms with E-state index in [9.17, 15) is 4.79 Å². The van der Waals surface area contributed by atoms with Gasteiger partial charge in [-0.15, -0.1) is 11.3 Å². The first-order valence-corrected chi connectivity index (χ1v) is 5.17. The highest BCUT2D eigenvalue weighted by atomic mass is 32.1. The second-order valence-corrected chi connectivity index (χ2v) is 4.67. The quantitative estimate of drug-likeness (QED) is 0.850. The van der Waals surface area contributed by atoms with Gasteiger partial charge in [0, 0.05) is 21.4 Å². The monoisotopic (exact) mass is 223 g/mol. The predicted molar refractivity (Wildman–Crippen MR) is 56.2 cm³/mol. The third-order valence-electron chi connectivity index (χ3n) is 2.04. The van der Waals surface area contributed by atoms with Crippen LogP contribution in [0, 0.1) is 13.8 Å². The number of hydrogen-bond acceptors (Lipinski definition) is 4. The molecule has 2 heterocycles. The van der Waals surface area contributed by atoms with Gasteiger partial charge in [0.15, 0.2) is 0 Å². The lowest BCUT2D eigenvalue weighted by Gasteiger charge is -1.89. The molecule has 0 radical (unpaired) electrons. The minimum absolute atomic E-state index is 0.131. The Kier molecular flexibility index (Phi) is 2.32. The number of hydrogen-bond donors (Lipinski definition) is 1. The first kappa shape index (κ1) is 9.92. The molecule has 0 bridgehead atoms. The van der Waals surface area contributed by atoms with Gasteiger partial charge in [-0.25, -0.2) is 4.79 Å². The molecule has 1 N–H and O–H groups in total. The van der Waals surface area contributed by atoms with E-state index in [2.05, 4.69) is 5.16 Å². The second kappa shape index (κ2) is 3.51. The molecule has 0 atom stereocenters. The number of rotatable bonds is 2. The van der Waals surface area contributed by atoms with Crippen LogP contribution in [0.3, 0.4) is 0 Å². The standard InChI is InChI=1S/C10H9NO3S/c1-5-3-7(6(2)15-5)8-4-9(10(12)13)14-11-8/h3-4H,1-2H3,(H,12,13). The zero-order valence-electron chi connectivity index (χ0n) is 8.27. The highest BCUT2D eigenvalue weighted by molar-refractivity contribution is 7.12. The predicted octanol–water partition coefficient (Wildman–Crippen LogP) is 2.72. The molecule has 0 saturated carbocycles. The van der Waals surface area contributed by atoms with Crippen molar-refractivity contribution < 1.29 is 14.4 Å². The summed E-state index contributed by atoms with van der Waals surface area (Å²) >= 11 is 1.65. The first-order chi connectivity index (χ1) is 7.08. The molecule has 2 aromatic rings. The number of aryl methyl sites for hydroxylation is 2. The minimum atomic E-state index is -1.10. The highest BCUT2D eigenvalue weighted by Gasteiger charge is 2.14. The van der Waals surface area contributed by atoms with E-state index < -0.39 is 5.97 Å². The molecule has 2 aromatic heterocycles. The van der Waals surface area contributed by atoms with Gasteiger partial charge in [-0.2, -0.15) is 0 Å². The third-order valence-corrected chi connectivity index (χ3v) is 3.00. The van der Waals surface area contributed by atoms with Crippen molar-refractivity contribution in [3.8, 4) is 11.3 Å². The van der Waals surface area contributed by atoms with E-state index >= 15 is 0 Å². The summed E-state index contributed by atoms with van der Waals surface area (Å²) in [5, 5.41) is 12.4. The van der Waals surface area contributed by atoms with Gasteiger partial charge < -0.3 is 9.63 Å². The minimum Gasteiger partial charge on any atom is -0.475 e. The number of carbonyl (C=O) groups is 1. The summed E-state index contributed by atoms with van der Waals surface area (Å²) in [6, 6.07) is 3.42. The molecule has 0 aliphatic rings. The van der Waals surface area contributed by atoms with Crippen molar-refractivity contribution in [1.29, 1.82) is 0 Å². The SMILES string of the molecule is Cc1cc(-c2cc(C(=O)O)on2)c(C)s1. The topological polar surface area (TPSA) is 63.3 Å². The number of aromatic nitrogens is 1. The lowest BCUT2D eigenvalue weighted by molar-refractivity contribution is 0.0652.